The van der Waals surface area contributed by atoms with Crippen LogP contribution in [0.4, 0.5) is 5.69 Å². The highest BCUT2D eigenvalue weighted by molar-refractivity contribution is 9.11. The summed E-state index contributed by atoms with van der Waals surface area (Å²) < 4.78 is 2.45. The Kier molecular flexibility index (Phi) is 4.45. The number of amides is 2. The van der Waals surface area contributed by atoms with Crippen LogP contribution in [0, 0.1) is 5.92 Å². The van der Waals surface area contributed by atoms with Crippen molar-refractivity contribution >= 4 is 65.3 Å². The minimum atomic E-state index is -0.306. The lowest BCUT2D eigenvalue weighted by atomic mass is 10.1. The zero-order valence-electron chi connectivity index (χ0n) is 9.10. The highest BCUT2D eigenvalue weighted by Crippen LogP contribution is 2.34. The first kappa shape index (κ1) is 14.0. The minimum absolute atomic E-state index is 0.0795. The van der Waals surface area contributed by atoms with Gasteiger partial charge in [-0.2, -0.15) is 0 Å². The third kappa shape index (κ3) is 3.13. The first-order valence-corrected chi connectivity index (χ1v) is 7.57. The molecule has 1 heterocycles. The van der Waals surface area contributed by atoms with Crippen LogP contribution in [-0.2, 0) is 9.59 Å². The lowest BCUT2D eigenvalue weighted by molar-refractivity contribution is -0.123. The Hall–Kier alpha value is -0.400. The van der Waals surface area contributed by atoms with Crippen LogP contribution in [0.15, 0.2) is 25.6 Å². The van der Waals surface area contributed by atoms with E-state index in [0.717, 1.165) is 13.4 Å². The quantitative estimate of drug-likeness (QED) is 0.742. The van der Waals surface area contributed by atoms with E-state index in [0.29, 0.717) is 12.2 Å². The molecule has 1 fully saturated rings. The standard InChI is InChI=1S/C11H9Br3N2O2/c12-6-2-7(13)10(8(14)3-6)16-11(18)5-1-9(17)15-4-5/h2-3,5H,1,4H2,(H,15,17)(H,16,18). The summed E-state index contributed by atoms with van der Waals surface area (Å²) in [5.41, 5.74) is 0.669. The number of nitrogens with one attached hydrogen (secondary N) is 2. The van der Waals surface area contributed by atoms with E-state index in [4.69, 9.17) is 0 Å². The second kappa shape index (κ2) is 5.71. The van der Waals surface area contributed by atoms with E-state index in [-0.39, 0.29) is 24.2 Å². The van der Waals surface area contributed by atoms with E-state index < -0.39 is 0 Å². The van der Waals surface area contributed by atoms with Gasteiger partial charge in [-0.3, -0.25) is 9.59 Å². The van der Waals surface area contributed by atoms with E-state index in [1.54, 1.807) is 0 Å². The van der Waals surface area contributed by atoms with Gasteiger partial charge in [0.15, 0.2) is 0 Å². The molecule has 96 valence electrons. The summed E-state index contributed by atoms with van der Waals surface area (Å²) in [4.78, 5) is 23.1. The van der Waals surface area contributed by atoms with Crippen molar-refractivity contribution in [1.29, 1.82) is 0 Å². The SMILES string of the molecule is O=C1CC(C(=O)Nc2c(Br)cc(Br)cc2Br)CN1. The minimum Gasteiger partial charge on any atom is -0.355 e. The second-order valence-corrected chi connectivity index (χ2v) is 6.56. The summed E-state index contributed by atoms with van der Waals surface area (Å²) in [6, 6.07) is 3.69. The molecule has 1 aliphatic rings. The monoisotopic (exact) mass is 438 g/mol. The number of carbonyl (C=O) groups excluding carboxylic acids is 2. The Balaban J connectivity index is 2.14. The molecule has 0 aliphatic carbocycles. The molecular formula is C11H9Br3N2O2. The fourth-order valence-corrected chi connectivity index (χ4v) is 4.13. The molecule has 4 nitrogen and oxygen atoms in total. The van der Waals surface area contributed by atoms with Crippen molar-refractivity contribution in [3.63, 3.8) is 0 Å². The Morgan fingerprint density at radius 3 is 2.39 bits per heavy atom. The van der Waals surface area contributed by atoms with Crippen LogP contribution in [0.2, 0.25) is 0 Å². The van der Waals surface area contributed by atoms with Gasteiger partial charge >= 0.3 is 0 Å². The van der Waals surface area contributed by atoms with E-state index >= 15 is 0 Å². The molecule has 0 aromatic heterocycles. The largest absolute Gasteiger partial charge is 0.355 e. The number of hydrogen-bond donors (Lipinski definition) is 2. The fraction of sp³-hybridized carbons (Fsp3) is 0.273. The van der Waals surface area contributed by atoms with Crippen molar-refractivity contribution < 1.29 is 9.59 Å². The molecule has 2 N–H and O–H groups in total. The molecule has 0 bridgehead atoms. The molecule has 0 spiro atoms. The molecule has 7 heteroatoms. The summed E-state index contributed by atoms with van der Waals surface area (Å²) >= 11 is 10.1. The Morgan fingerprint density at radius 2 is 1.89 bits per heavy atom. The number of carbonyl (C=O) groups is 2. The number of rotatable bonds is 2. The fourth-order valence-electron chi connectivity index (χ4n) is 1.68. The van der Waals surface area contributed by atoms with Gasteiger partial charge in [0.2, 0.25) is 11.8 Å². The van der Waals surface area contributed by atoms with E-state index in [1.165, 1.54) is 0 Å². The van der Waals surface area contributed by atoms with Crippen molar-refractivity contribution in [3.05, 3.63) is 25.6 Å². The predicted molar refractivity (Wildman–Crippen MR) is 79.3 cm³/mol. The maximum Gasteiger partial charge on any atom is 0.229 e. The van der Waals surface area contributed by atoms with Gasteiger partial charge in [0.25, 0.3) is 0 Å². The Bertz CT molecular complexity index is 496. The van der Waals surface area contributed by atoms with Gasteiger partial charge in [0, 0.05) is 26.4 Å². The van der Waals surface area contributed by atoms with E-state index in [1.807, 2.05) is 12.1 Å². The Morgan fingerprint density at radius 1 is 1.28 bits per heavy atom. The summed E-state index contributed by atoms with van der Waals surface area (Å²) in [6.07, 6.45) is 0.248. The smallest absolute Gasteiger partial charge is 0.229 e. The van der Waals surface area contributed by atoms with Gasteiger partial charge in [-0.25, -0.2) is 0 Å². The van der Waals surface area contributed by atoms with Crippen LogP contribution < -0.4 is 10.6 Å². The van der Waals surface area contributed by atoms with Gasteiger partial charge in [-0.1, -0.05) is 15.9 Å². The molecule has 1 aromatic rings. The average Bonchev–Trinajstić information content (AvgIpc) is 2.70. The van der Waals surface area contributed by atoms with Gasteiger partial charge in [0.1, 0.15) is 0 Å². The van der Waals surface area contributed by atoms with Crippen molar-refractivity contribution in [2.45, 2.75) is 6.42 Å². The van der Waals surface area contributed by atoms with Crippen LogP contribution in [0.1, 0.15) is 6.42 Å². The van der Waals surface area contributed by atoms with Gasteiger partial charge in [0.05, 0.1) is 11.6 Å². The molecule has 0 saturated carbocycles. The van der Waals surface area contributed by atoms with Crippen molar-refractivity contribution in [2.24, 2.45) is 5.92 Å². The van der Waals surface area contributed by atoms with Crippen LogP contribution in [0.3, 0.4) is 0 Å². The Labute approximate surface area is 129 Å². The first-order chi connectivity index (χ1) is 8.47. The predicted octanol–water partition coefficient (Wildman–Crippen LogP) is 3.05. The van der Waals surface area contributed by atoms with Crippen LogP contribution in [-0.4, -0.2) is 18.4 Å². The first-order valence-electron chi connectivity index (χ1n) is 5.19. The molecule has 1 unspecified atom stereocenters. The molecule has 1 aliphatic heterocycles. The topological polar surface area (TPSA) is 58.2 Å². The summed E-state index contributed by atoms with van der Waals surface area (Å²) in [5.74, 6) is -0.541. The second-order valence-electron chi connectivity index (χ2n) is 3.94. The van der Waals surface area contributed by atoms with Gasteiger partial charge in [-0.05, 0) is 44.0 Å². The molecule has 1 aromatic carbocycles. The van der Waals surface area contributed by atoms with E-state index in [9.17, 15) is 9.59 Å². The van der Waals surface area contributed by atoms with Crippen LogP contribution >= 0.6 is 47.8 Å². The zero-order valence-corrected chi connectivity index (χ0v) is 13.9. The van der Waals surface area contributed by atoms with Crippen molar-refractivity contribution in [1.82, 2.24) is 5.32 Å². The normalized spacial score (nSPS) is 18.6. The van der Waals surface area contributed by atoms with E-state index in [2.05, 4.69) is 58.4 Å². The number of anilines is 1. The third-order valence-corrected chi connectivity index (χ3v) is 4.31. The lowest BCUT2D eigenvalue weighted by Gasteiger charge is -2.12. The summed E-state index contributed by atoms with van der Waals surface area (Å²) in [7, 11) is 0. The molecule has 2 rings (SSSR count). The lowest BCUT2D eigenvalue weighted by Crippen LogP contribution is -2.25. The third-order valence-electron chi connectivity index (χ3n) is 2.60. The van der Waals surface area contributed by atoms with Gasteiger partial charge < -0.3 is 10.6 Å². The maximum absolute atomic E-state index is 12.0. The van der Waals surface area contributed by atoms with Crippen molar-refractivity contribution in [3.8, 4) is 0 Å². The molecule has 18 heavy (non-hydrogen) atoms. The van der Waals surface area contributed by atoms with Crippen LogP contribution in [0.5, 0.6) is 0 Å². The molecule has 2 amide bonds. The number of halogens is 3. The number of hydrogen-bond acceptors (Lipinski definition) is 2. The highest BCUT2D eigenvalue weighted by Gasteiger charge is 2.28. The molecule has 1 saturated heterocycles. The molecule has 1 atom stereocenters. The summed E-state index contributed by atoms with van der Waals surface area (Å²) in [5, 5.41) is 5.47. The summed E-state index contributed by atoms with van der Waals surface area (Å²) in [6.45, 7) is 0.399. The number of benzene rings is 1. The zero-order chi connectivity index (χ0) is 13.3. The van der Waals surface area contributed by atoms with Gasteiger partial charge in [-0.15, -0.1) is 0 Å². The average molecular weight is 441 g/mol. The maximum atomic E-state index is 12.0. The van der Waals surface area contributed by atoms with Crippen LogP contribution in [0.25, 0.3) is 0 Å². The molecular weight excluding hydrogens is 432 g/mol. The van der Waals surface area contributed by atoms with Crippen molar-refractivity contribution in [2.75, 3.05) is 11.9 Å². The highest BCUT2D eigenvalue weighted by atomic mass is 79.9. The molecule has 0 radical (unpaired) electrons.